The van der Waals surface area contributed by atoms with Crippen molar-refractivity contribution in [2.45, 2.75) is 12.7 Å². The Morgan fingerprint density at radius 1 is 1.11 bits per heavy atom. The average Bonchev–Trinajstić information content (AvgIpc) is 2.25. The lowest BCUT2D eigenvalue weighted by Crippen LogP contribution is -2.34. The molecule has 0 saturated carbocycles. The molecule has 0 N–H and O–H groups in total. The van der Waals surface area contributed by atoms with E-state index in [4.69, 9.17) is 0 Å². The van der Waals surface area contributed by atoms with E-state index in [1.54, 1.807) is 7.05 Å². The molecule has 0 unspecified atom stereocenters. The third-order valence-corrected chi connectivity index (χ3v) is 4.60. The van der Waals surface area contributed by atoms with Gasteiger partial charge in [0.15, 0.2) is 0 Å². The fourth-order valence-corrected chi connectivity index (χ4v) is 2.78. The molecule has 0 aliphatic carbocycles. The molecule has 0 saturated heterocycles. The van der Waals surface area contributed by atoms with Crippen molar-refractivity contribution in [2.75, 3.05) is 34.2 Å². The van der Waals surface area contributed by atoms with E-state index in [1.807, 2.05) is 50.2 Å². The molecule has 0 atom stereocenters. The maximum atomic E-state index is 12.1. The quantitative estimate of drug-likeness (QED) is 0.783. The monoisotopic (exact) mass is 270 g/mol. The maximum absolute atomic E-state index is 12.1. The van der Waals surface area contributed by atoms with Gasteiger partial charge in [0.25, 0.3) is 0 Å². The summed E-state index contributed by atoms with van der Waals surface area (Å²) >= 11 is 0. The predicted octanol–water partition coefficient (Wildman–Crippen LogP) is 1.32. The Kier molecular flexibility index (Phi) is 5.31. The zero-order chi connectivity index (χ0) is 13.8. The van der Waals surface area contributed by atoms with Crippen LogP contribution in [0.25, 0.3) is 0 Å². The van der Waals surface area contributed by atoms with Crippen LogP contribution in [0.2, 0.25) is 0 Å². The van der Waals surface area contributed by atoms with Gasteiger partial charge in [-0.15, -0.1) is 0 Å². The average molecular weight is 270 g/mol. The molecule has 5 heteroatoms. The third kappa shape index (κ3) is 4.76. The molecule has 1 rings (SSSR count). The summed E-state index contributed by atoms with van der Waals surface area (Å²) in [5.74, 6) is 0.0681. The zero-order valence-corrected chi connectivity index (χ0v) is 12.4. The van der Waals surface area contributed by atoms with Crippen LogP contribution in [0.15, 0.2) is 24.3 Å². The van der Waals surface area contributed by atoms with Gasteiger partial charge in [-0.3, -0.25) is 0 Å². The van der Waals surface area contributed by atoms with Gasteiger partial charge in [-0.1, -0.05) is 29.8 Å². The predicted molar refractivity (Wildman–Crippen MR) is 75.0 cm³/mol. The highest BCUT2D eigenvalue weighted by atomic mass is 32.2. The first-order valence-corrected chi connectivity index (χ1v) is 7.56. The summed E-state index contributed by atoms with van der Waals surface area (Å²) in [5.41, 5.74) is 1.92. The molecule has 0 aromatic heterocycles. The number of benzene rings is 1. The van der Waals surface area contributed by atoms with Gasteiger partial charge in [0.2, 0.25) is 10.0 Å². The van der Waals surface area contributed by atoms with Crippen molar-refractivity contribution in [3.8, 4) is 0 Å². The minimum atomic E-state index is -3.22. The fourth-order valence-electron chi connectivity index (χ4n) is 1.60. The summed E-state index contributed by atoms with van der Waals surface area (Å²) in [7, 11) is 2.28. The molecule has 102 valence electrons. The second-order valence-electron chi connectivity index (χ2n) is 4.87. The van der Waals surface area contributed by atoms with Crippen LogP contribution in [0.4, 0.5) is 0 Å². The van der Waals surface area contributed by atoms with E-state index in [1.165, 1.54) is 4.31 Å². The highest BCUT2D eigenvalue weighted by Crippen LogP contribution is 2.11. The first-order valence-electron chi connectivity index (χ1n) is 5.95. The van der Waals surface area contributed by atoms with Crippen molar-refractivity contribution in [1.29, 1.82) is 0 Å². The highest BCUT2D eigenvalue weighted by molar-refractivity contribution is 7.88. The van der Waals surface area contributed by atoms with Gasteiger partial charge in [-0.05, 0) is 26.6 Å². The van der Waals surface area contributed by atoms with E-state index >= 15 is 0 Å². The SMILES string of the molecule is Cc1cccc(CS(=O)(=O)N(C)CCN(C)C)c1. The van der Waals surface area contributed by atoms with Gasteiger partial charge in [0.1, 0.15) is 0 Å². The summed E-state index contributed by atoms with van der Waals surface area (Å²) in [5, 5.41) is 0. The van der Waals surface area contributed by atoms with E-state index in [9.17, 15) is 8.42 Å². The maximum Gasteiger partial charge on any atom is 0.218 e. The molecule has 0 bridgehead atoms. The van der Waals surface area contributed by atoms with Crippen LogP contribution >= 0.6 is 0 Å². The van der Waals surface area contributed by atoms with E-state index in [-0.39, 0.29) is 5.75 Å². The molecule has 0 spiro atoms. The number of hydrogen-bond acceptors (Lipinski definition) is 3. The number of likely N-dealkylation sites (N-methyl/N-ethyl adjacent to an activating group) is 2. The summed E-state index contributed by atoms with van der Waals surface area (Å²) in [6.07, 6.45) is 0. The van der Waals surface area contributed by atoms with Crippen molar-refractivity contribution < 1.29 is 8.42 Å². The largest absolute Gasteiger partial charge is 0.308 e. The lowest BCUT2D eigenvalue weighted by molar-refractivity contribution is 0.358. The normalized spacial score (nSPS) is 12.3. The Hall–Kier alpha value is -0.910. The van der Waals surface area contributed by atoms with Gasteiger partial charge >= 0.3 is 0 Å². The molecule has 0 heterocycles. The summed E-state index contributed by atoms with van der Waals surface area (Å²) < 4.78 is 25.7. The lowest BCUT2D eigenvalue weighted by atomic mass is 10.2. The van der Waals surface area contributed by atoms with Crippen molar-refractivity contribution in [3.63, 3.8) is 0 Å². The van der Waals surface area contributed by atoms with Gasteiger partial charge < -0.3 is 4.90 Å². The molecule has 18 heavy (non-hydrogen) atoms. The molecule has 0 fully saturated rings. The molecule has 0 amide bonds. The van der Waals surface area contributed by atoms with Gasteiger partial charge in [0, 0.05) is 20.1 Å². The van der Waals surface area contributed by atoms with E-state index < -0.39 is 10.0 Å². The number of sulfonamides is 1. The minimum absolute atomic E-state index is 0.0681. The van der Waals surface area contributed by atoms with Gasteiger partial charge in [-0.25, -0.2) is 12.7 Å². The van der Waals surface area contributed by atoms with E-state index in [0.717, 1.165) is 17.7 Å². The number of rotatable bonds is 6. The highest BCUT2D eigenvalue weighted by Gasteiger charge is 2.18. The Bertz CT molecular complexity index is 484. The third-order valence-electron chi connectivity index (χ3n) is 2.77. The van der Waals surface area contributed by atoms with Crippen LogP contribution in [0, 0.1) is 6.92 Å². The number of nitrogens with zero attached hydrogens (tertiary/aromatic N) is 2. The molecule has 0 aliphatic heterocycles. The second-order valence-corrected chi connectivity index (χ2v) is 6.95. The smallest absolute Gasteiger partial charge is 0.218 e. The summed E-state index contributed by atoms with van der Waals surface area (Å²) in [4.78, 5) is 1.97. The van der Waals surface area contributed by atoms with Crippen LogP contribution in [0.5, 0.6) is 0 Å². The summed E-state index contributed by atoms with van der Waals surface area (Å²) in [6, 6.07) is 7.62. The molecule has 1 aromatic rings. The number of aryl methyl sites for hydroxylation is 1. The Morgan fingerprint density at radius 2 is 1.78 bits per heavy atom. The van der Waals surface area contributed by atoms with Gasteiger partial charge in [-0.2, -0.15) is 0 Å². The topological polar surface area (TPSA) is 40.6 Å². The summed E-state index contributed by atoms with van der Waals surface area (Å²) in [6.45, 7) is 3.20. The molecular weight excluding hydrogens is 248 g/mol. The molecule has 4 nitrogen and oxygen atoms in total. The second kappa shape index (κ2) is 6.31. The van der Waals surface area contributed by atoms with Crippen LogP contribution in [0.1, 0.15) is 11.1 Å². The van der Waals surface area contributed by atoms with E-state index in [0.29, 0.717) is 6.54 Å². The zero-order valence-electron chi connectivity index (χ0n) is 11.5. The fraction of sp³-hybridized carbons (Fsp3) is 0.538. The van der Waals surface area contributed by atoms with Crippen LogP contribution in [0.3, 0.4) is 0 Å². The Balaban J connectivity index is 2.69. The first kappa shape index (κ1) is 15.1. The standard InChI is InChI=1S/C13H22N2O2S/c1-12-6-5-7-13(10-12)11-18(16,17)15(4)9-8-14(2)3/h5-7,10H,8-9,11H2,1-4H3. The number of hydrogen-bond donors (Lipinski definition) is 0. The lowest BCUT2D eigenvalue weighted by Gasteiger charge is -2.19. The molecule has 0 aliphatic rings. The van der Waals surface area contributed by atoms with E-state index in [2.05, 4.69) is 0 Å². The van der Waals surface area contributed by atoms with Crippen molar-refractivity contribution in [3.05, 3.63) is 35.4 Å². The molecule has 0 radical (unpaired) electrons. The molecular formula is C13H22N2O2S. The molecule has 1 aromatic carbocycles. The van der Waals surface area contributed by atoms with Crippen LogP contribution < -0.4 is 0 Å². The van der Waals surface area contributed by atoms with Crippen molar-refractivity contribution in [2.24, 2.45) is 0 Å². The van der Waals surface area contributed by atoms with Crippen LogP contribution in [-0.2, 0) is 15.8 Å². The first-order chi connectivity index (χ1) is 8.31. The van der Waals surface area contributed by atoms with Crippen molar-refractivity contribution in [1.82, 2.24) is 9.21 Å². The minimum Gasteiger partial charge on any atom is -0.308 e. The van der Waals surface area contributed by atoms with Crippen LogP contribution in [-0.4, -0.2) is 51.9 Å². The Morgan fingerprint density at radius 3 is 2.33 bits per heavy atom. The van der Waals surface area contributed by atoms with Gasteiger partial charge in [0.05, 0.1) is 5.75 Å². The Labute approximate surface area is 110 Å². The van der Waals surface area contributed by atoms with Crippen molar-refractivity contribution >= 4 is 10.0 Å².